The van der Waals surface area contributed by atoms with Crippen molar-refractivity contribution >= 4 is 5.97 Å². The largest absolute Gasteiger partial charge is 0.477 e. The molecule has 0 unspecified atom stereocenters. The number of aromatic nitrogens is 1. The normalized spacial score (nSPS) is 9.44. The van der Waals surface area contributed by atoms with Crippen LogP contribution in [0.2, 0.25) is 0 Å². The third-order valence-electron chi connectivity index (χ3n) is 0.986. The number of aryl methyl sites for hydroxylation is 1. The molecule has 2 N–H and O–H groups in total. The van der Waals surface area contributed by atoms with Crippen LogP contribution in [0.25, 0.3) is 0 Å². The zero-order chi connectivity index (χ0) is 6.85. The Labute approximate surface area is 52.3 Å². The van der Waals surface area contributed by atoms with E-state index in [1.54, 1.807) is 6.92 Å². The lowest BCUT2D eigenvalue weighted by Gasteiger charge is -1.81. The summed E-state index contributed by atoms with van der Waals surface area (Å²) in [6.45, 7) is 1.78. The fraction of sp³-hybridized carbons (Fsp3) is 0.167. The second-order valence-electron chi connectivity index (χ2n) is 1.80. The highest BCUT2D eigenvalue weighted by atomic mass is 16.4. The van der Waals surface area contributed by atoms with Crippen LogP contribution in [0, 0.1) is 13.1 Å². The van der Waals surface area contributed by atoms with E-state index >= 15 is 0 Å². The van der Waals surface area contributed by atoms with Crippen molar-refractivity contribution in [3.8, 4) is 0 Å². The number of hydrogen-bond acceptors (Lipinski definition) is 1. The molecular formula is C6H6NO2. The molecule has 9 heavy (non-hydrogen) atoms. The molecule has 0 fully saturated rings. The van der Waals surface area contributed by atoms with E-state index in [4.69, 9.17) is 5.11 Å². The van der Waals surface area contributed by atoms with Gasteiger partial charge >= 0.3 is 5.97 Å². The predicted molar refractivity (Wildman–Crippen MR) is 31.3 cm³/mol. The maximum atomic E-state index is 10.2. The summed E-state index contributed by atoms with van der Waals surface area (Å²) in [5.74, 6) is -0.945. The van der Waals surface area contributed by atoms with E-state index in [-0.39, 0.29) is 5.69 Å². The molecular weight excluding hydrogens is 118 g/mol. The van der Waals surface area contributed by atoms with Gasteiger partial charge in [0.25, 0.3) is 0 Å². The number of carbonyl (C=O) groups is 1. The molecule has 1 heterocycles. The number of nitrogens with one attached hydrogen (secondary N) is 1. The van der Waals surface area contributed by atoms with Crippen molar-refractivity contribution < 1.29 is 9.90 Å². The predicted octanol–water partition coefficient (Wildman–Crippen LogP) is 0.822. The highest BCUT2D eigenvalue weighted by molar-refractivity contribution is 5.85. The van der Waals surface area contributed by atoms with Crippen LogP contribution in [0.1, 0.15) is 16.1 Å². The lowest BCUT2D eigenvalue weighted by molar-refractivity contribution is 0.0691. The van der Waals surface area contributed by atoms with Crippen molar-refractivity contribution in [2.75, 3.05) is 0 Å². The zero-order valence-corrected chi connectivity index (χ0v) is 4.93. The molecule has 1 rings (SSSR count). The molecule has 1 radical (unpaired) electrons. The van der Waals surface area contributed by atoms with Crippen LogP contribution in [-0.2, 0) is 0 Å². The van der Waals surface area contributed by atoms with Crippen LogP contribution >= 0.6 is 0 Å². The Hall–Kier alpha value is -1.25. The lowest BCUT2D eigenvalue weighted by atomic mass is 10.3. The van der Waals surface area contributed by atoms with Crippen LogP contribution < -0.4 is 0 Å². The first-order valence-electron chi connectivity index (χ1n) is 2.51. The van der Waals surface area contributed by atoms with Gasteiger partial charge in [-0.3, -0.25) is 0 Å². The quantitative estimate of drug-likeness (QED) is 0.582. The number of aromatic carboxylic acids is 1. The summed E-state index contributed by atoms with van der Waals surface area (Å²) >= 11 is 0. The fourth-order valence-corrected chi connectivity index (χ4v) is 0.570. The van der Waals surface area contributed by atoms with Crippen LogP contribution in [0.3, 0.4) is 0 Å². The molecule has 0 aliphatic rings. The van der Waals surface area contributed by atoms with Crippen LogP contribution in [0.15, 0.2) is 6.07 Å². The Morgan fingerprint density at radius 2 is 2.56 bits per heavy atom. The summed E-state index contributed by atoms with van der Waals surface area (Å²) in [5.41, 5.74) is 1.000. The minimum atomic E-state index is -0.945. The molecule has 0 amide bonds. The van der Waals surface area contributed by atoms with Gasteiger partial charge in [0.05, 0.1) is 6.20 Å². The molecule has 1 aromatic rings. The summed E-state index contributed by atoms with van der Waals surface area (Å²) in [6.07, 6.45) is 2.64. The van der Waals surface area contributed by atoms with E-state index < -0.39 is 5.97 Å². The molecule has 1 aromatic heterocycles. The summed E-state index contributed by atoms with van der Waals surface area (Å²) < 4.78 is 0. The van der Waals surface area contributed by atoms with Crippen LogP contribution in [0.5, 0.6) is 0 Å². The molecule has 0 aliphatic carbocycles. The van der Waals surface area contributed by atoms with Crippen molar-refractivity contribution in [1.82, 2.24) is 4.98 Å². The van der Waals surface area contributed by atoms with Gasteiger partial charge in [0, 0.05) is 0 Å². The Balaban J connectivity index is 2.98. The first-order valence-corrected chi connectivity index (χ1v) is 2.51. The number of aromatic amines is 1. The van der Waals surface area contributed by atoms with Crippen molar-refractivity contribution in [1.29, 1.82) is 0 Å². The van der Waals surface area contributed by atoms with Crippen molar-refractivity contribution in [3.05, 3.63) is 23.5 Å². The third-order valence-corrected chi connectivity index (χ3v) is 0.986. The lowest BCUT2D eigenvalue weighted by Crippen LogP contribution is -1.94. The van der Waals surface area contributed by atoms with Crippen molar-refractivity contribution in [2.45, 2.75) is 6.92 Å². The van der Waals surface area contributed by atoms with E-state index in [0.717, 1.165) is 5.56 Å². The van der Waals surface area contributed by atoms with Crippen molar-refractivity contribution in [2.24, 2.45) is 0 Å². The summed E-state index contributed by atoms with van der Waals surface area (Å²) in [4.78, 5) is 12.6. The zero-order valence-electron chi connectivity index (χ0n) is 4.93. The Kier molecular flexibility index (Phi) is 1.26. The minimum Gasteiger partial charge on any atom is -0.477 e. The van der Waals surface area contributed by atoms with E-state index in [1.165, 1.54) is 6.07 Å². The minimum absolute atomic E-state index is 0.188. The topological polar surface area (TPSA) is 53.1 Å². The first kappa shape index (κ1) is 5.88. The van der Waals surface area contributed by atoms with E-state index in [1.807, 2.05) is 0 Å². The van der Waals surface area contributed by atoms with Gasteiger partial charge in [-0.15, -0.1) is 0 Å². The fourth-order valence-electron chi connectivity index (χ4n) is 0.570. The molecule has 0 bridgehead atoms. The van der Waals surface area contributed by atoms with Gasteiger partial charge < -0.3 is 10.1 Å². The second-order valence-corrected chi connectivity index (χ2v) is 1.80. The number of carboxylic acids is 1. The summed E-state index contributed by atoms with van der Waals surface area (Å²) in [5, 5.41) is 8.35. The van der Waals surface area contributed by atoms with Crippen molar-refractivity contribution in [3.63, 3.8) is 0 Å². The Morgan fingerprint density at radius 1 is 1.89 bits per heavy atom. The van der Waals surface area contributed by atoms with Gasteiger partial charge in [0.2, 0.25) is 0 Å². The SMILES string of the molecule is Cc1[c][nH]c(C(=O)O)c1. The maximum absolute atomic E-state index is 10.2. The summed E-state index contributed by atoms with van der Waals surface area (Å²) in [7, 11) is 0. The number of carboxylic acid groups (broad SMARTS) is 1. The monoisotopic (exact) mass is 124 g/mol. The van der Waals surface area contributed by atoms with Crippen LogP contribution in [0.4, 0.5) is 0 Å². The van der Waals surface area contributed by atoms with Gasteiger partial charge in [-0.05, 0) is 18.6 Å². The van der Waals surface area contributed by atoms with Gasteiger partial charge in [0.15, 0.2) is 0 Å². The van der Waals surface area contributed by atoms with Gasteiger partial charge in [-0.1, -0.05) is 0 Å². The third kappa shape index (κ3) is 1.10. The number of hydrogen-bond donors (Lipinski definition) is 2. The smallest absolute Gasteiger partial charge is 0.352 e. The average Bonchev–Trinajstić information content (AvgIpc) is 2.14. The molecule has 0 spiro atoms. The molecule has 0 aliphatic heterocycles. The summed E-state index contributed by atoms with van der Waals surface area (Å²) in [6, 6.07) is 1.53. The van der Waals surface area contributed by atoms with Gasteiger partial charge in [-0.25, -0.2) is 4.79 Å². The molecule has 0 saturated carbocycles. The molecule has 47 valence electrons. The molecule has 0 atom stereocenters. The maximum Gasteiger partial charge on any atom is 0.352 e. The molecule has 3 heteroatoms. The number of rotatable bonds is 1. The molecule has 3 nitrogen and oxygen atoms in total. The molecule has 0 aromatic carbocycles. The highest BCUT2D eigenvalue weighted by Gasteiger charge is 2.02. The van der Waals surface area contributed by atoms with E-state index in [0.29, 0.717) is 0 Å². The van der Waals surface area contributed by atoms with E-state index in [2.05, 4.69) is 11.2 Å². The Morgan fingerprint density at radius 3 is 2.78 bits per heavy atom. The molecule has 0 saturated heterocycles. The highest BCUT2D eigenvalue weighted by Crippen LogP contribution is 1.98. The van der Waals surface area contributed by atoms with Gasteiger partial charge in [-0.2, -0.15) is 0 Å². The van der Waals surface area contributed by atoms with Crippen LogP contribution in [-0.4, -0.2) is 16.1 Å². The van der Waals surface area contributed by atoms with E-state index in [9.17, 15) is 4.79 Å². The Bertz CT molecular complexity index is 227. The van der Waals surface area contributed by atoms with Gasteiger partial charge in [0.1, 0.15) is 5.69 Å². The second kappa shape index (κ2) is 1.93. The number of H-pyrrole nitrogens is 1. The average molecular weight is 124 g/mol. The standard InChI is InChI=1S/C6H6NO2/c1-4-2-5(6(8)9)7-3-4/h2,7H,1H3,(H,8,9). The first-order chi connectivity index (χ1) is 4.20.